The van der Waals surface area contributed by atoms with Crippen molar-refractivity contribution >= 4 is 23.9 Å². The molecule has 0 spiro atoms. The van der Waals surface area contributed by atoms with E-state index >= 15 is 0 Å². The van der Waals surface area contributed by atoms with Crippen LogP contribution in [0.25, 0.3) is 11.1 Å². The molecule has 148 valence electrons. The molecule has 0 atom stereocenters. The van der Waals surface area contributed by atoms with Crippen molar-refractivity contribution in [3.8, 4) is 16.9 Å². The van der Waals surface area contributed by atoms with Crippen LogP contribution in [0.1, 0.15) is 22.3 Å². The zero-order valence-corrected chi connectivity index (χ0v) is 19.0. The van der Waals surface area contributed by atoms with Gasteiger partial charge in [0.2, 0.25) is 0 Å². The highest BCUT2D eigenvalue weighted by Gasteiger charge is 2.50. The molecule has 0 amide bonds. The maximum Gasteiger partial charge on any atom is 0.348 e. The van der Waals surface area contributed by atoms with E-state index in [1.807, 2.05) is 0 Å². The van der Waals surface area contributed by atoms with Crippen LogP contribution < -0.4 is 20.0 Å². The van der Waals surface area contributed by atoms with E-state index in [0.29, 0.717) is 0 Å². The van der Waals surface area contributed by atoms with Crippen molar-refractivity contribution in [1.29, 1.82) is 0 Å². The van der Waals surface area contributed by atoms with Gasteiger partial charge in [-0.05, 0) is 71.6 Å². The van der Waals surface area contributed by atoms with Crippen LogP contribution in [0, 0.1) is 27.7 Å². The van der Waals surface area contributed by atoms with Crippen LogP contribution in [0.5, 0.6) is 5.75 Å². The summed E-state index contributed by atoms with van der Waals surface area (Å²) in [5.74, 6) is 1.00. The summed E-state index contributed by atoms with van der Waals surface area (Å²) in [4.78, 5) is 0. The Kier molecular flexibility index (Phi) is 4.41. The minimum atomic E-state index is -2.75. The summed E-state index contributed by atoms with van der Waals surface area (Å²) in [5.41, 5.74) is 7.57. The van der Waals surface area contributed by atoms with Crippen LogP contribution in [0.2, 0.25) is 0 Å². The summed E-state index contributed by atoms with van der Waals surface area (Å²) in [5, 5.41) is 4.01. The molecule has 4 aromatic carbocycles. The number of aryl methyl sites for hydroxylation is 4. The van der Waals surface area contributed by atoms with E-state index < -0.39 is 8.32 Å². The lowest BCUT2D eigenvalue weighted by Gasteiger charge is -2.40. The predicted molar refractivity (Wildman–Crippen MR) is 129 cm³/mol. The fourth-order valence-corrected chi connectivity index (χ4v) is 9.49. The minimum absolute atomic E-state index is 1.00. The Morgan fingerprint density at radius 3 is 1.67 bits per heavy atom. The Bertz CT molecular complexity index is 1230. The van der Waals surface area contributed by atoms with Crippen molar-refractivity contribution in [2.75, 3.05) is 0 Å². The summed E-state index contributed by atoms with van der Waals surface area (Å²) >= 11 is 0. The molecule has 30 heavy (non-hydrogen) atoms. The number of rotatable bonds is 2. The van der Waals surface area contributed by atoms with Crippen molar-refractivity contribution in [1.82, 2.24) is 0 Å². The highest BCUT2D eigenvalue weighted by atomic mass is 28.4. The summed E-state index contributed by atoms with van der Waals surface area (Å²) < 4.78 is 7.25. The molecule has 1 aliphatic heterocycles. The van der Waals surface area contributed by atoms with Crippen molar-refractivity contribution in [2.24, 2.45) is 0 Å². The summed E-state index contributed by atoms with van der Waals surface area (Å²) in [6.45, 7) is 8.75. The van der Waals surface area contributed by atoms with Gasteiger partial charge in [-0.3, -0.25) is 0 Å². The van der Waals surface area contributed by atoms with Gasteiger partial charge in [0.1, 0.15) is 5.75 Å². The van der Waals surface area contributed by atoms with Gasteiger partial charge < -0.3 is 4.43 Å². The molecular weight excluding hydrogens is 380 g/mol. The summed E-state index contributed by atoms with van der Waals surface area (Å²) in [6, 6.07) is 31.0. The van der Waals surface area contributed by atoms with Gasteiger partial charge in [0.25, 0.3) is 0 Å². The van der Waals surface area contributed by atoms with Crippen LogP contribution in [0.4, 0.5) is 0 Å². The zero-order chi connectivity index (χ0) is 20.9. The molecule has 2 heteroatoms. The van der Waals surface area contributed by atoms with E-state index in [-0.39, 0.29) is 0 Å². The Morgan fingerprint density at radius 2 is 1.07 bits per heavy atom. The molecule has 1 heterocycles. The number of hydrogen-bond donors (Lipinski definition) is 0. The molecule has 1 aliphatic rings. The smallest absolute Gasteiger partial charge is 0.348 e. The van der Waals surface area contributed by atoms with Gasteiger partial charge >= 0.3 is 8.32 Å². The van der Waals surface area contributed by atoms with E-state index in [4.69, 9.17) is 4.43 Å². The average molecular weight is 407 g/mol. The molecule has 0 radical (unpaired) electrons. The van der Waals surface area contributed by atoms with Crippen molar-refractivity contribution in [3.63, 3.8) is 0 Å². The van der Waals surface area contributed by atoms with Gasteiger partial charge in [-0.25, -0.2) is 0 Å². The van der Waals surface area contributed by atoms with Gasteiger partial charge in [-0.1, -0.05) is 84.4 Å². The second-order valence-electron chi connectivity index (χ2n) is 8.46. The Morgan fingerprint density at radius 1 is 0.533 bits per heavy atom. The van der Waals surface area contributed by atoms with Crippen LogP contribution in [-0.4, -0.2) is 8.32 Å². The lowest BCUT2D eigenvalue weighted by atomic mass is 10.0. The molecule has 0 unspecified atom stereocenters. The molecular formula is C28H26OSi. The Balaban J connectivity index is 1.96. The molecule has 0 N–H and O–H groups in total. The third-order valence-corrected chi connectivity index (χ3v) is 10.6. The van der Waals surface area contributed by atoms with Crippen LogP contribution in [0.15, 0.2) is 84.9 Å². The molecule has 0 fully saturated rings. The van der Waals surface area contributed by atoms with Gasteiger partial charge in [0.15, 0.2) is 0 Å². The first kappa shape index (κ1) is 18.9. The van der Waals surface area contributed by atoms with Crippen molar-refractivity contribution in [3.05, 3.63) is 107 Å². The lowest BCUT2D eigenvalue weighted by Crippen LogP contribution is -2.74. The molecule has 4 aromatic rings. The Hall–Kier alpha value is -3.10. The third-order valence-electron chi connectivity index (χ3n) is 6.29. The maximum absolute atomic E-state index is 7.25. The highest BCUT2D eigenvalue weighted by Crippen LogP contribution is 2.37. The second kappa shape index (κ2) is 7.00. The highest BCUT2D eigenvalue weighted by molar-refractivity contribution is 7.09. The van der Waals surface area contributed by atoms with Crippen molar-refractivity contribution < 1.29 is 4.43 Å². The van der Waals surface area contributed by atoms with E-state index in [2.05, 4.69) is 113 Å². The molecule has 0 saturated carbocycles. The van der Waals surface area contributed by atoms with E-state index in [0.717, 1.165) is 5.75 Å². The first-order valence-corrected chi connectivity index (χ1v) is 12.4. The Labute approximate surface area is 180 Å². The van der Waals surface area contributed by atoms with E-state index in [1.54, 1.807) is 0 Å². The molecule has 1 nitrogen and oxygen atoms in total. The SMILES string of the molecule is Cc1ccc2c(c1)O[Si](c1ccccc1C)(c1ccccc1C)c1cc(C)ccc1-2. The van der Waals surface area contributed by atoms with E-state index in [9.17, 15) is 0 Å². The fourth-order valence-electron chi connectivity index (χ4n) is 4.82. The molecule has 0 aliphatic carbocycles. The van der Waals surface area contributed by atoms with E-state index in [1.165, 1.54) is 48.9 Å². The largest absolute Gasteiger partial charge is 0.530 e. The molecule has 0 bridgehead atoms. The molecule has 0 saturated heterocycles. The zero-order valence-electron chi connectivity index (χ0n) is 18.0. The van der Waals surface area contributed by atoms with Gasteiger partial charge in [-0.2, -0.15) is 0 Å². The van der Waals surface area contributed by atoms with Crippen LogP contribution >= 0.6 is 0 Å². The van der Waals surface area contributed by atoms with Crippen molar-refractivity contribution in [2.45, 2.75) is 27.7 Å². The standard InChI is InChI=1S/C28H26OSi/c1-19-13-15-23-24-16-14-20(2)18-28(24)30(29-25(23)17-19,26-11-7-5-9-21(26)3)27-12-8-6-10-22(27)4/h5-18H,1-4H3. The van der Waals surface area contributed by atoms with Gasteiger partial charge in [0, 0.05) is 5.56 Å². The quantitative estimate of drug-likeness (QED) is 0.428. The summed E-state index contributed by atoms with van der Waals surface area (Å²) in [6.07, 6.45) is 0. The average Bonchev–Trinajstić information content (AvgIpc) is 2.74. The van der Waals surface area contributed by atoms with Gasteiger partial charge in [-0.15, -0.1) is 0 Å². The van der Waals surface area contributed by atoms with Crippen LogP contribution in [0.3, 0.4) is 0 Å². The molecule has 0 aromatic heterocycles. The first-order chi connectivity index (χ1) is 14.5. The third kappa shape index (κ3) is 2.75. The first-order valence-electron chi connectivity index (χ1n) is 10.5. The molecule has 5 rings (SSSR count). The maximum atomic E-state index is 7.25. The predicted octanol–water partition coefficient (Wildman–Crippen LogP) is 4.95. The normalized spacial score (nSPS) is 13.9. The minimum Gasteiger partial charge on any atom is -0.530 e. The van der Waals surface area contributed by atoms with Gasteiger partial charge in [0.05, 0.1) is 0 Å². The topological polar surface area (TPSA) is 9.23 Å². The number of benzene rings is 4. The van der Waals surface area contributed by atoms with Crippen LogP contribution in [-0.2, 0) is 0 Å². The second-order valence-corrected chi connectivity index (χ2v) is 11.6. The monoisotopic (exact) mass is 406 g/mol. The lowest BCUT2D eigenvalue weighted by molar-refractivity contribution is 0.574. The number of fused-ring (bicyclic) bond motifs is 3. The summed E-state index contributed by atoms with van der Waals surface area (Å²) in [7, 11) is -2.75. The number of hydrogen-bond acceptors (Lipinski definition) is 1. The fraction of sp³-hybridized carbons (Fsp3) is 0.143.